The Morgan fingerprint density at radius 2 is 2.04 bits per heavy atom. The van der Waals surface area contributed by atoms with E-state index >= 15 is 0 Å². The van der Waals surface area contributed by atoms with Gasteiger partial charge in [0.15, 0.2) is 0 Å². The standard InChI is InChI=1S/C16H21BrN4O2/c1-3-16(4-2,15(22)23)11-18-9-12-10-21(20-19-12)14-8-6-5-7-13(14)17/h5-8,10,18H,3-4,9,11H2,1-2H3,(H,22,23). The molecule has 0 fully saturated rings. The summed E-state index contributed by atoms with van der Waals surface area (Å²) in [6.07, 6.45) is 3.03. The number of carboxylic acids is 1. The van der Waals surface area contributed by atoms with Gasteiger partial charge >= 0.3 is 5.97 Å². The molecule has 0 saturated heterocycles. The Balaban J connectivity index is 2.00. The lowest BCUT2D eigenvalue weighted by atomic mass is 9.82. The van der Waals surface area contributed by atoms with E-state index in [0.29, 0.717) is 25.9 Å². The van der Waals surface area contributed by atoms with Crippen LogP contribution in [0.3, 0.4) is 0 Å². The summed E-state index contributed by atoms with van der Waals surface area (Å²) in [5, 5.41) is 20.9. The molecule has 2 N–H and O–H groups in total. The molecule has 0 unspecified atom stereocenters. The maximum Gasteiger partial charge on any atom is 0.310 e. The van der Waals surface area contributed by atoms with Crippen molar-refractivity contribution in [3.63, 3.8) is 0 Å². The molecule has 0 aliphatic heterocycles. The number of halogens is 1. The van der Waals surface area contributed by atoms with Gasteiger partial charge in [-0.25, -0.2) is 4.68 Å². The molecule has 1 aromatic heterocycles. The Bertz CT molecular complexity index is 668. The summed E-state index contributed by atoms with van der Waals surface area (Å²) >= 11 is 3.49. The molecule has 0 atom stereocenters. The van der Waals surface area contributed by atoms with Crippen molar-refractivity contribution in [3.8, 4) is 5.69 Å². The highest BCUT2D eigenvalue weighted by Crippen LogP contribution is 2.25. The van der Waals surface area contributed by atoms with E-state index in [4.69, 9.17) is 0 Å². The van der Waals surface area contributed by atoms with Gasteiger partial charge in [0.1, 0.15) is 0 Å². The van der Waals surface area contributed by atoms with E-state index < -0.39 is 11.4 Å². The summed E-state index contributed by atoms with van der Waals surface area (Å²) in [4.78, 5) is 11.5. The summed E-state index contributed by atoms with van der Waals surface area (Å²) in [7, 11) is 0. The number of para-hydroxylation sites is 1. The number of carboxylic acid groups (broad SMARTS) is 1. The molecule has 1 heterocycles. The molecule has 0 amide bonds. The maximum atomic E-state index is 11.5. The molecule has 23 heavy (non-hydrogen) atoms. The van der Waals surface area contributed by atoms with Crippen LogP contribution in [0.25, 0.3) is 5.69 Å². The molecular formula is C16H21BrN4O2. The summed E-state index contributed by atoms with van der Waals surface area (Å²) < 4.78 is 2.64. The van der Waals surface area contributed by atoms with Gasteiger partial charge in [-0.15, -0.1) is 5.10 Å². The highest BCUT2D eigenvalue weighted by atomic mass is 79.9. The second-order valence-corrected chi connectivity index (χ2v) is 6.36. The summed E-state index contributed by atoms with van der Waals surface area (Å²) in [5.41, 5.74) is 0.957. The molecule has 0 saturated carbocycles. The minimum absolute atomic E-state index is 0.414. The van der Waals surface area contributed by atoms with Crippen molar-refractivity contribution in [2.45, 2.75) is 33.2 Å². The highest BCUT2D eigenvalue weighted by molar-refractivity contribution is 9.10. The van der Waals surface area contributed by atoms with E-state index in [0.717, 1.165) is 15.9 Å². The third-order valence-corrected chi connectivity index (χ3v) is 4.89. The lowest BCUT2D eigenvalue weighted by Gasteiger charge is -2.26. The molecule has 7 heteroatoms. The van der Waals surface area contributed by atoms with Crippen LogP contribution in [0.15, 0.2) is 34.9 Å². The van der Waals surface area contributed by atoms with E-state index in [9.17, 15) is 9.90 Å². The largest absolute Gasteiger partial charge is 0.481 e. The summed E-state index contributed by atoms with van der Waals surface area (Å²) in [6.45, 7) is 4.71. The van der Waals surface area contributed by atoms with Gasteiger partial charge in [-0.05, 0) is 40.9 Å². The van der Waals surface area contributed by atoms with Crippen LogP contribution in [0.5, 0.6) is 0 Å². The molecule has 0 spiro atoms. The zero-order valence-electron chi connectivity index (χ0n) is 13.3. The van der Waals surface area contributed by atoms with E-state index in [1.54, 1.807) is 4.68 Å². The Morgan fingerprint density at radius 1 is 1.35 bits per heavy atom. The minimum atomic E-state index is -0.758. The predicted octanol–water partition coefficient (Wildman–Crippen LogP) is 3.01. The van der Waals surface area contributed by atoms with Crippen molar-refractivity contribution >= 4 is 21.9 Å². The molecule has 2 rings (SSSR count). The van der Waals surface area contributed by atoms with Gasteiger partial charge in [0, 0.05) is 17.6 Å². The minimum Gasteiger partial charge on any atom is -0.481 e. The second kappa shape index (κ2) is 7.70. The van der Waals surface area contributed by atoms with Crippen LogP contribution in [0, 0.1) is 5.41 Å². The molecule has 6 nitrogen and oxygen atoms in total. The third kappa shape index (κ3) is 3.97. The van der Waals surface area contributed by atoms with E-state index in [-0.39, 0.29) is 0 Å². The van der Waals surface area contributed by atoms with Crippen molar-refractivity contribution in [3.05, 3.63) is 40.6 Å². The molecule has 2 aromatic rings. The van der Waals surface area contributed by atoms with E-state index in [1.807, 2.05) is 44.3 Å². The van der Waals surface area contributed by atoms with Gasteiger partial charge in [0.25, 0.3) is 0 Å². The van der Waals surface area contributed by atoms with Crippen LogP contribution >= 0.6 is 15.9 Å². The van der Waals surface area contributed by atoms with Gasteiger partial charge in [-0.2, -0.15) is 0 Å². The number of hydrogen-bond acceptors (Lipinski definition) is 4. The number of nitrogens with zero attached hydrogens (tertiary/aromatic N) is 3. The molecule has 1 aromatic carbocycles. The average molecular weight is 381 g/mol. The fraction of sp³-hybridized carbons (Fsp3) is 0.438. The smallest absolute Gasteiger partial charge is 0.310 e. The Labute approximate surface area is 144 Å². The normalized spacial score (nSPS) is 11.6. The lowest BCUT2D eigenvalue weighted by Crippen LogP contribution is -2.40. The van der Waals surface area contributed by atoms with Crippen molar-refractivity contribution in [1.29, 1.82) is 0 Å². The molecule has 0 bridgehead atoms. The second-order valence-electron chi connectivity index (χ2n) is 5.50. The first-order valence-corrected chi connectivity index (χ1v) is 8.42. The molecule has 0 aliphatic carbocycles. The first-order chi connectivity index (χ1) is 11.0. The van der Waals surface area contributed by atoms with E-state index in [1.165, 1.54) is 0 Å². The zero-order chi connectivity index (χ0) is 16.9. The maximum absolute atomic E-state index is 11.5. The molecule has 0 aliphatic rings. The number of benzene rings is 1. The molecule has 124 valence electrons. The quantitative estimate of drug-likeness (QED) is 0.735. The number of nitrogens with one attached hydrogen (secondary N) is 1. The van der Waals surface area contributed by atoms with E-state index in [2.05, 4.69) is 31.6 Å². The van der Waals surface area contributed by atoms with Crippen molar-refractivity contribution in [2.24, 2.45) is 5.41 Å². The van der Waals surface area contributed by atoms with Crippen LogP contribution in [0.2, 0.25) is 0 Å². The SMILES string of the molecule is CCC(CC)(CNCc1cn(-c2ccccc2Br)nn1)C(=O)O. The first-order valence-electron chi connectivity index (χ1n) is 7.62. The number of hydrogen-bond donors (Lipinski definition) is 2. The molecular weight excluding hydrogens is 360 g/mol. The van der Waals surface area contributed by atoms with Crippen molar-refractivity contribution in [1.82, 2.24) is 20.3 Å². The van der Waals surface area contributed by atoms with Crippen molar-refractivity contribution < 1.29 is 9.90 Å². The van der Waals surface area contributed by atoms with Crippen LogP contribution < -0.4 is 5.32 Å². The Kier molecular flexibility index (Phi) is 5.90. The van der Waals surface area contributed by atoms with Crippen LogP contribution in [0.4, 0.5) is 0 Å². The number of carbonyl (C=O) groups is 1. The topological polar surface area (TPSA) is 80.0 Å². The fourth-order valence-corrected chi connectivity index (χ4v) is 2.91. The van der Waals surface area contributed by atoms with Crippen LogP contribution in [-0.2, 0) is 11.3 Å². The first kappa shape index (κ1) is 17.6. The molecule has 0 radical (unpaired) electrons. The monoisotopic (exact) mass is 380 g/mol. The summed E-state index contributed by atoms with van der Waals surface area (Å²) in [6, 6.07) is 7.76. The summed E-state index contributed by atoms with van der Waals surface area (Å²) in [5.74, 6) is -0.758. The lowest BCUT2D eigenvalue weighted by molar-refractivity contribution is -0.149. The van der Waals surface area contributed by atoms with Crippen molar-refractivity contribution in [2.75, 3.05) is 6.54 Å². The average Bonchev–Trinajstić information content (AvgIpc) is 3.00. The predicted molar refractivity (Wildman–Crippen MR) is 91.4 cm³/mol. The fourth-order valence-electron chi connectivity index (χ4n) is 2.44. The number of rotatable bonds is 8. The Hall–Kier alpha value is -1.73. The van der Waals surface area contributed by atoms with Gasteiger partial charge in [-0.3, -0.25) is 4.79 Å². The van der Waals surface area contributed by atoms with Gasteiger partial charge < -0.3 is 10.4 Å². The van der Waals surface area contributed by atoms with Gasteiger partial charge in [0.2, 0.25) is 0 Å². The number of aliphatic carboxylic acids is 1. The highest BCUT2D eigenvalue weighted by Gasteiger charge is 2.34. The number of aromatic nitrogens is 3. The van der Waals surface area contributed by atoms with Crippen LogP contribution in [0.1, 0.15) is 32.4 Å². The van der Waals surface area contributed by atoms with Gasteiger partial charge in [-0.1, -0.05) is 31.2 Å². The third-order valence-electron chi connectivity index (χ3n) is 4.22. The van der Waals surface area contributed by atoms with Gasteiger partial charge in [0.05, 0.1) is 23.0 Å². The Morgan fingerprint density at radius 3 is 2.65 bits per heavy atom. The van der Waals surface area contributed by atoms with Crippen LogP contribution in [-0.4, -0.2) is 32.6 Å². The zero-order valence-corrected chi connectivity index (χ0v) is 14.9.